The molecule has 2 aromatic heterocycles. The van der Waals surface area contributed by atoms with Gasteiger partial charge in [0.2, 0.25) is 0 Å². The van der Waals surface area contributed by atoms with Gasteiger partial charge in [-0.3, -0.25) is 0 Å². The Morgan fingerprint density at radius 3 is 2.62 bits per heavy atom. The standard InChI is InChI=1S/C8H7BrN4/c1-6-2-3-7(9)8(12-6)13-10-4-5-11-13/h2-5H,1H3. The van der Waals surface area contributed by atoms with Crippen molar-refractivity contribution in [2.45, 2.75) is 6.92 Å². The fourth-order valence-corrected chi connectivity index (χ4v) is 1.37. The van der Waals surface area contributed by atoms with Crippen LogP contribution in [0.25, 0.3) is 5.82 Å². The Morgan fingerprint density at radius 1 is 1.23 bits per heavy atom. The van der Waals surface area contributed by atoms with Crippen molar-refractivity contribution >= 4 is 15.9 Å². The summed E-state index contributed by atoms with van der Waals surface area (Å²) in [5.41, 5.74) is 0.940. The van der Waals surface area contributed by atoms with Gasteiger partial charge in [-0.05, 0) is 35.0 Å². The summed E-state index contributed by atoms with van der Waals surface area (Å²) < 4.78 is 0.884. The Labute approximate surface area is 83.7 Å². The number of hydrogen-bond acceptors (Lipinski definition) is 3. The Morgan fingerprint density at radius 2 is 1.92 bits per heavy atom. The summed E-state index contributed by atoms with van der Waals surface area (Å²) in [5.74, 6) is 0.713. The maximum Gasteiger partial charge on any atom is 0.188 e. The van der Waals surface area contributed by atoms with E-state index in [9.17, 15) is 0 Å². The van der Waals surface area contributed by atoms with Gasteiger partial charge in [0.1, 0.15) is 0 Å². The highest BCUT2D eigenvalue weighted by Crippen LogP contribution is 2.17. The van der Waals surface area contributed by atoms with Gasteiger partial charge in [-0.1, -0.05) is 0 Å². The van der Waals surface area contributed by atoms with Crippen LogP contribution in [0.4, 0.5) is 0 Å². The molecule has 0 amide bonds. The molecule has 5 heteroatoms. The predicted molar refractivity (Wildman–Crippen MR) is 51.6 cm³/mol. The first-order valence-corrected chi connectivity index (χ1v) is 4.56. The van der Waals surface area contributed by atoms with Gasteiger partial charge in [0, 0.05) is 5.69 Å². The normalized spacial score (nSPS) is 10.3. The second-order valence-electron chi connectivity index (χ2n) is 2.58. The molecule has 0 aliphatic heterocycles. The minimum absolute atomic E-state index is 0.713. The molecule has 0 N–H and O–H groups in total. The number of pyridine rings is 1. The van der Waals surface area contributed by atoms with Crippen LogP contribution in [0.2, 0.25) is 0 Å². The molecule has 0 saturated heterocycles. The second-order valence-corrected chi connectivity index (χ2v) is 3.43. The van der Waals surface area contributed by atoms with E-state index in [1.165, 1.54) is 4.80 Å². The minimum atomic E-state index is 0.713. The van der Waals surface area contributed by atoms with Crippen molar-refractivity contribution in [2.24, 2.45) is 0 Å². The largest absolute Gasteiger partial charge is 0.231 e. The number of rotatable bonds is 1. The zero-order valence-electron chi connectivity index (χ0n) is 6.98. The van der Waals surface area contributed by atoms with E-state index in [2.05, 4.69) is 31.1 Å². The van der Waals surface area contributed by atoms with Crippen LogP contribution in [0.3, 0.4) is 0 Å². The summed E-state index contributed by atoms with van der Waals surface area (Å²) in [6.07, 6.45) is 3.24. The van der Waals surface area contributed by atoms with Gasteiger partial charge in [-0.2, -0.15) is 10.2 Å². The summed E-state index contributed by atoms with van der Waals surface area (Å²) in [5, 5.41) is 8.00. The fraction of sp³-hybridized carbons (Fsp3) is 0.125. The van der Waals surface area contributed by atoms with E-state index in [1.807, 2.05) is 19.1 Å². The van der Waals surface area contributed by atoms with Gasteiger partial charge in [0.15, 0.2) is 5.82 Å². The molecule has 13 heavy (non-hydrogen) atoms. The predicted octanol–water partition coefficient (Wildman–Crippen LogP) is 1.73. The van der Waals surface area contributed by atoms with Crippen LogP contribution in [-0.4, -0.2) is 20.0 Å². The molecular weight excluding hydrogens is 232 g/mol. The topological polar surface area (TPSA) is 43.6 Å². The number of aromatic nitrogens is 4. The van der Waals surface area contributed by atoms with E-state index in [0.29, 0.717) is 5.82 Å². The number of halogens is 1. The molecule has 0 unspecified atom stereocenters. The molecule has 2 aromatic rings. The lowest BCUT2D eigenvalue weighted by atomic mass is 10.4. The molecule has 0 saturated carbocycles. The molecule has 2 rings (SSSR count). The maximum absolute atomic E-state index is 4.31. The quantitative estimate of drug-likeness (QED) is 0.761. The highest BCUT2D eigenvalue weighted by Gasteiger charge is 2.04. The maximum atomic E-state index is 4.31. The molecule has 0 radical (unpaired) electrons. The first kappa shape index (κ1) is 8.37. The third-order valence-electron chi connectivity index (χ3n) is 1.57. The average molecular weight is 239 g/mol. The van der Waals surface area contributed by atoms with Crippen molar-refractivity contribution < 1.29 is 0 Å². The van der Waals surface area contributed by atoms with Crippen LogP contribution in [0.15, 0.2) is 29.0 Å². The van der Waals surface area contributed by atoms with Crippen molar-refractivity contribution in [3.63, 3.8) is 0 Å². The molecule has 4 nitrogen and oxygen atoms in total. The van der Waals surface area contributed by atoms with E-state index in [4.69, 9.17) is 0 Å². The molecule has 0 aromatic carbocycles. The van der Waals surface area contributed by atoms with Crippen molar-refractivity contribution in [1.82, 2.24) is 20.0 Å². The fourth-order valence-electron chi connectivity index (χ4n) is 0.991. The van der Waals surface area contributed by atoms with E-state index in [0.717, 1.165) is 10.2 Å². The minimum Gasteiger partial charge on any atom is -0.231 e. The highest BCUT2D eigenvalue weighted by molar-refractivity contribution is 9.10. The van der Waals surface area contributed by atoms with Crippen LogP contribution >= 0.6 is 15.9 Å². The van der Waals surface area contributed by atoms with Gasteiger partial charge in [-0.25, -0.2) is 4.98 Å². The molecule has 0 atom stereocenters. The Balaban J connectivity index is 2.57. The van der Waals surface area contributed by atoms with Gasteiger partial charge in [0.25, 0.3) is 0 Å². The van der Waals surface area contributed by atoms with Gasteiger partial charge < -0.3 is 0 Å². The molecule has 0 fully saturated rings. The monoisotopic (exact) mass is 238 g/mol. The van der Waals surface area contributed by atoms with E-state index in [-0.39, 0.29) is 0 Å². The van der Waals surface area contributed by atoms with Crippen LogP contribution in [-0.2, 0) is 0 Å². The average Bonchev–Trinajstić information content (AvgIpc) is 2.61. The lowest BCUT2D eigenvalue weighted by molar-refractivity contribution is 0.722. The number of aryl methyl sites for hydroxylation is 1. The van der Waals surface area contributed by atoms with Crippen molar-refractivity contribution in [1.29, 1.82) is 0 Å². The highest BCUT2D eigenvalue weighted by atomic mass is 79.9. The second kappa shape index (κ2) is 3.26. The molecular formula is C8H7BrN4. The van der Waals surface area contributed by atoms with Crippen LogP contribution in [0.1, 0.15) is 5.69 Å². The Kier molecular flexibility index (Phi) is 2.10. The van der Waals surface area contributed by atoms with Crippen molar-refractivity contribution in [2.75, 3.05) is 0 Å². The molecule has 66 valence electrons. The lowest BCUT2D eigenvalue weighted by Gasteiger charge is -2.01. The van der Waals surface area contributed by atoms with E-state index in [1.54, 1.807) is 12.4 Å². The van der Waals surface area contributed by atoms with Crippen LogP contribution in [0.5, 0.6) is 0 Å². The summed E-state index contributed by atoms with van der Waals surface area (Å²) in [6, 6.07) is 3.86. The summed E-state index contributed by atoms with van der Waals surface area (Å²) in [4.78, 5) is 5.79. The molecule has 0 spiro atoms. The lowest BCUT2D eigenvalue weighted by Crippen LogP contribution is -2.03. The Hall–Kier alpha value is -1.23. The molecule has 0 aliphatic carbocycles. The third kappa shape index (κ3) is 1.60. The van der Waals surface area contributed by atoms with Gasteiger partial charge in [0.05, 0.1) is 16.9 Å². The molecule has 0 bridgehead atoms. The molecule has 0 aliphatic rings. The summed E-state index contributed by atoms with van der Waals surface area (Å²) in [6.45, 7) is 1.93. The zero-order chi connectivity index (χ0) is 9.26. The van der Waals surface area contributed by atoms with E-state index >= 15 is 0 Å². The third-order valence-corrected chi connectivity index (χ3v) is 2.19. The van der Waals surface area contributed by atoms with Gasteiger partial charge in [-0.15, -0.1) is 4.80 Å². The van der Waals surface area contributed by atoms with Crippen molar-refractivity contribution in [3.8, 4) is 5.82 Å². The molecule has 2 heterocycles. The number of hydrogen-bond donors (Lipinski definition) is 0. The summed E-state index contributed by atoms with van der Waals surface area (Å²) >= 11 is 3.39. The van der Waals surface area contributed by atoms with Crippen LogP contribution < -0.4 is 0 Å². The zero-order valence-corrected chi connectivity index (χ0v) is 8.56. The number of nitrogens with zero attached hydrogens (tertiary/aromatic N) is 4. The Bertz CT molecular complexity index is 410. The van der Waals surface area contributed by atoms with Crippen LogP contribution in [0, 0.1) is 6.92 Å². The first-order valence-electron chi connectivity index (χ1n) is 3.77. The first-order chi connectivity index (χ1) is 6.27. The SMILES string of the molecule is Cc1ccc(Br)c(-n2nccn2)n1. The summed E-state index contributed by atoms with van der Waals surface area (Å²) in [7, 11) is 0. The van der Waals surface area contributed by atoms with Crippen molar-refractivity contribution in [3.05, 3.63) is 34.7 Å². The van der Waals surface area contributed by atoms with E-state index < -0.39 is 0 Å². The van der Waals surface area contributed by atoms with Gasteiger partial charge >= 0.3 is 0 Å². The smallest absolute Gasteiger partial charge is 0.188 e.